The molecule has 5 nitrogen and oxygen atoms in total. The largest absolute Gasteiger partial charge is 0.360 e. The van der Waals surface area contributed by atoms with E-state index >= 15 is 0 Å². The van der Waals surface area contributed by atoms with Gasteiger partial charge in [0.05, 0.1) is 12.1 Å². The van der Waals surface area contributed by atoms with Crippen LogP contribution in [0, 0.1) is 24.6 Å². The van der Waals surface area contributed by atoms with E-state index in [4.69, 9.17) is 10.3 Å². The monoisotopic (exact) mass is 273 g/mol. The number of rotatable bonds is 2. The van der Waals surface area contributed by atoms with Crippen molar-refractivity contribution in [1.29, 1.82) is 0 Å². The fourth-order valence-electron chi connectivity index (χ4n) is 1.54. The average molecular weight is 273 g/mol. The Morgan fingerprint density at radius 3 is 2.90 bits per heavy atom. The summed E-state index contributed by atoms with van der Waals surface area (Å²) in [5.41, 5.74) is 5.60. The normalized spacial score (nSPS) is 9.75. The molecule has 102 valence electrons. The van der Waals surface area contributed by atoms with E-state index in [0.717, 1.165) is 0 Å². The van der Waals surface area contributed by atoms with E-state index in [1.165, 1.54) is 18.2 Å². The second-order valence-corrected chi connectivity index (χ2v) is 3.98. The molecule has 1 aromatic carbocycles. The van der Waals surface area contributed by atoms with Gasteiger partial charge in [-0.25, -0.2) is 4.39 Å². The van der Waals surface area contributed by atoms with Gasteiger partial charge in [0.25, 0.3) is 5.91 Å². The van der Waals surface area contributed by atoms with Crippen molar-refractivity contribution in [2.24, 2.45) is 5.73 Å². The van der Waals surface area contributed by atoms with Crippen LogP contribution < -0.4 is 11.1 Å². The third kappa shape index (κ3) is 3.22. The van der Waals surface area contributed by atoms with Crippen LogP contribution >= 0.6 is 0 Å². The highest BCUT2D eigenvalue weighted by molar-refractivity contribution is 6.04. The van der Waals surface area contributed by atoms with Crippen molar-refractivity contribution in [3.05, 3.63) is 47.0 Å². The maximum absolute atomic E-state index is 13.8. The first-order valence-electron chi connectivity index (χ1n) is 5.83. The number of halogens is 1. The number of nitrogens with one attached hydrogen (secondary N) is 1. The Bertz CT molecular complexity index is 698. The van der Waals surface area contributed by atoms with Crippen LogP contribution in [0.25, 0.3) is 0 Å². The van der Waals surface area contributed by atoms with Crippen molar-refractivity contribution in [2.75, 3.05) is 11.9 Å². The van der Waals surface area contributed by atoms with Crippen LogP contribution in [-0.2, 0) is 0 Å². The van der Waals surface area contributed by atoms with Gasteiger partial charge in [-0.1, -0.05) is 17.0 Å². The van der Waals surface area contributed by atoms with E-state index in [0.29, 0.717) is 11.3 Å². The van der Waals surface area contributed by atoms with Gasteiger partial charge >= 0.3 is 0 Å². The Labute approximate surface area is 114 Å². The summed E-state index contributed by atoms with van der Waals surface area (Å²) in [4.78, 5) is 11.9. The minimum absolute atomic E-state index is 0.0936. The summed E-state index contributed by atoms with van der Waals surface area (Å²) < 4.78 is 18.6. The van der Waals surface area contributed by atoms with Crippen molar-refractivity contribution in [3.8, 4) is 11.8 Å². The Morgan fingerprint density at radius 1 is 1.50 bits per heavy atom. The lowest BCUT2D eigenvalue weighted by molar-refractivity contribution is 0.102. The van der Waals surface area contributed by atoms with E-state index < -0.39 is 11.7 Å². The summed E-state index contributed by atoms with van der Waals surface area (Å²) in [6, 6.07) is 5.63. The number of hydrogen-bond donors (Lipinski definition) is 2. The molecule has 2 aromatic rings. The lowest BCUT2D eigenvalue weighted by atomic mass is 10.1. The number of carbonyl (C=O) groups excluding carboxylic acids is 1. The molecule has 0 unspecified atom stereocenters. The van der Waals surface area contributed by atoms with Gasteiger partial charge in [-0.05, 0) is 25.1 Å². The molecular weight excluding hydrogens is 261 g/mol. The zero-order valence-corrected chi connectivity index (χ0v) is 10.7. The van der Waals surface area contributed by atoms with Crippen LogP contribution in [0.4, 0.5) is 10.2 Å². The number of benzene rings is 1. The number of aromatic nitrogens is 1. The number of aryl methyl sites for hydroxylation is 1. The minimum Gasteiger partial charge on any atom is -0.360 e. The summed E-state index contributed by atoms with van der Waals surface area (Å²) in [6.07, 6.45) is 0. The van der Waals surface area contributed by atoms with Crippen LogP contribution in [0.5, 0.6) is 0 Å². The Hall–Kier alpha value is -2.65. The van der Waals surface area contributed by atoms with Crippen LogP contribution in [-0.4, -0.2) is 17.6 Å². The molecule has 0 radical (unpaired) electrons. The maximum atomic E-state index is 13.8. The van der Waals surface area contributed by atoms with Gasteiger partial charge in [-0.3, -0.25) is 4.79 Å². The van der Waals surface area contributed by atoms with Gasteiger partial charge < -0.3 is 15.6 Å². The molecule has 2 rings (SSSR count). The lowest BCUT2D eigenvalue weighted by Gasteiger charge is -2.03. The second-order valence-electron chi connectivity index (χ2n) is 3.98. The van der Waals surface area contributed by atoms with Crippen LogP contribution in [0.3, 0.4) is 0 Å². The molecule has 1 amide bonds. The quantitative estimate of drug-likeness (QED) is 0.816. The van der Waals surface area contributed by atoms with Crippen molar-refractivity contribution in [3.63, 3.8) is 0 Å². The molecule has 0 aliphatic rings. The molecule has 0 bridgehead atoms. The number of nitrogens with zero attached hydrogens (tertiary/aromatic N) is 1. The number of nitrogens with two attached hydrogens (primary N) is 1. The van der Waals surface area contributed by atoms with Gasteiger partial charge in [-0.2, -0.15) is 0 Å². The summed E-state index contributed by atoms with van der Waals surface area (Å²) in [6.45, 7) is 1.88. The highest BCUT2D eigenvalue weighted by atomic mass is 19.1. The van der Waals surface area contributed by atoms with E-state index in [1.807, 2.05) is 0 Å². The number of amides is 1. The molecule has 1 heterocycles. The van der Waals surface area contributed by atoms with Crippen LogP contribution in [0.15, 0.2) is 28.8 Å². The summed E-state index contributed by atoms with van der Waals surface area (Å²) in [7, 11) is 0. The third-order valence-corrected chi connectivity index (χ3v) is 2.42. The zero-order valence-electron chi connectivity index (χ0n) is 10.7. The first-order chi connectivity index (χ1) is 9.60. The van der Waals surface area contributed by atoms with Gasteiger partial charge in [0.1, 0.15) is 11.6 Å². The number of anilines is 1. The summed E-state index contributed by atoms with van der Waals surface area (Å²) in [5.74, 6) is 4.82. The minimum atomic E-state index is -0.661. The Kier molecular flexibility index (Phi) is 4.13. The molecule has 6 heteroatoms. The molecule has 3 N–H and O–H groups in total. The first kappa shape index (κ1) is 13.8. The summed E-state index contributed by atoms with van der Waals surface area (Å²) in [5, 5.41) is 6.05. The first-order valence-corrected chi connectivity index (χ1v) is 5.83. The van der Waals surface area contributed by atoms with E-state index in [9.17, 15) is 9.18 Å². The molecule has 0 saturated carbocycles. The Morgan fingerprint density at radius 2 is 2.30 bits per heavy atom. The molecule has 20 heavy (non-hydrogen) atoms. The summed E-state index contributed by atoms with van der Waals surface area (Å²) >= 11 is 0. The fourth-order valence-corrected chi connectivity index (χ4v) is 1.54. The second kappa shape index (κ2) is 5.99. The van der Waals surface area contributed by atoms with Crippen LogP contribution in [0.1, 0.15) is 21.7 Å². The Balaban J connectivity index is 2.18. The molecule has 0 aliphatic heterocycles. The standard InChI is InChI=1S/C14H12FN3O2/c1-9-7-13(18-20-9)17-14(19)11-5-4-10(3-2-6-16)8-12(11)15/h4-5,7-8H,6,16H2,1H3,(H,17,18,19). The highest BCUT2D eigenvalue weighted by Crippen LogP contribution is 2.13. The van der Waals surface area contributed by atoms with Crippen molar-refractivity contribution in [2.45, 2.75) is 6.92 Å². The molecule has 0 aliphatic carbocycles. The van der Waals surface area contributed by atoms with E-state index in [2.05, 4.69) is 22.3 Å². The fraction of sp³-hybridized carbons (Fsp3) is 0.143. The van der Waals surface area contributed by atoms with Gasteiger partial charge in [0.2, 0.25) is 0 Å². The molecule has 0 atom stereocenters. The predicted molar refractivity (Wildman–Crippen MR) is 71.5 cm³/mol. The van der Waals surface area contributed by atoms with Crippen molar-refractivity contribution >= 4 is 11.7 Å². The SMILES string of the molecule is Cc1cc(NC(=O)c2ccc(C#CCN)cc2F)no1. The molecular formula is C14H12FN3O2. The smallest absolute Gasteiger partial charge is 0.259 e. The van der Waals surface area contributed by atoms with Gasteiger partial charge in [0.15, 0.2) is 5.82 Å². The molecule has 0 saturated heterocycles. The van der Waals surface area contributed by atoms with Crippen molar-refractivity contribution < 1.29 is 13.7 Å². The maximum Gasteiger partial charge on any atom is 0.259 e. The lowest BCUT2D eigenvalue weighted by Crippen LogP contribution is -2.14. The average Bonchev–Trinajstić information content (AvgIpc) is 2.81. The third-order valence-electron chi connectivity index (χ3n) is 2.42. The zero-order chi connectivity index (χ0) is 14.5. The number of carbonyl (C=O) groups is 1. The topological polar surface area (TPSA) is 81.2 Å². The van der Waals surface area contributed by atoms with Crippen LogP contribution in [0.2, 0.25) is 0 Å². The predicted octanol–water partition coefficient (Wildman–Crippen LogP) is 1.68. The highest BCUT2D eigenvalue weighted by Gasteiger charge is 2.13. The van der Waals surface area contributed by atoms with Crippen molar-refractivity contribution in [1.82, 2.24) is 5.16 Å². The van der Waals surface area contributed by atoms with Gasteiger partial charge in [0, 0.05) is 11.6 Å². The van der Waals surface area contributed by atoms with E-state index in [-0.39, 0.29) is 17.9 Å². The molecule has 0 spiro atoms. The van der Waals surface area contributed by atoms with E-state index in [1.54, 1.807) is 13.0 Å². The number of hydrogen-bond acceptors (Lipinski definition) is 4. The van der Waals surface area contributed by atoms with Gasteiger partial charge in [-0.15, -0.1) is 0 Å². The molecule has 1 aromatic heterocycles. The molecule has 0 fully saturated rings.